The molecule has 152 valence electrons. The molecule has 28 heavy (non-hydrogen) atoms. The molecule has 0 radical (unpaired) electrons. The van der Waals surface area contributed by atoms with Crippen LogP contribution in [0.5, 0.6) is 5.75 Å². The van der Waals surface area contributed by atoms with Crippen molar-refractivity contribution >= 4 is 33.4 Å². The lowest BCUT2D eigenvalue weighted by Crippen LogP contribution is -2.40. The first-order chi connectivity index (χ1) is 13.4. The quantitative estimate of drug-likeness (QED) is 0.445. The SMILES string of the molecule is CCOc1ccccc1N(CC(=O)NCCCSc1ccccc1)S(C)(=O)=O. The van der Waals surface area contributed by atoms with E-state index in [-0.39, 0.29) is 12.5 Å². The highest BCUT2D eigenvalue weighted by Gasteiger charge is 2.23. The van der Waals surface area contributed by atoms with Crippen molar-refractivity contribution < 1.29 is 17.9 Å². The zero-order valence-electron chi connectivity index (χ0n) is 16.1. The van der Waals surface area contributed by atoms with Gasteiger partial charge in [-0.15, -0.1) is 11.8 Å². The standard InChI is InChI=1S/C20H26N2O4S2/c1-3-26-19-13-8-7-12-18(19)22(28(2,24)25)16-20(23)21-14-9-15-27-17-10-5-4-6-11-17/h4-8,10-13H,3,9,14-16H2,1-2H3,(H,21,23). The molecule has 6 nitrogen and oxygen atoms in total. The van der Waals surface area contributed by atoms with E-state index < -0.39 is 10.0 Å². The summed E-state index contributed by atoms with van der Waals surface area (Å²) in [5, 5.41) is 2.79. The first-order valence-corrected chi connectivity index (χ1v) is 11.9. The molecule has 0 fully saturated rings. The minimum atomic E-state index is -3.64. The van der Waals surface area contributed by atoms with Crippen molar-refractivity contribution in [3.8, 4) is 5.75 Å². The van der Waals surface area contributed by atoms with Gasteiger partial charge in [0.15, 0.2) is 0 Å². The second-order valence-electron chi connectivity index (χ2n) is 6.04. The van der Waals surface area contributed by atoms with E-state index in [0.717, 1.165) is 22.7 Å². The molecule has 0 unspecified atom stereocenters. The number of ether oxygens (including phenoxy) is 1. The van der Waals surface area contributed by atoms with Crippen LogP contribution in [0.3, 0.4) is 0 Å². The smallest absolute Gasteiger partial charge is 0.240 e. The van der Waals surface area contributed by atoms with E-state index in [1.807, 2.05) is 37.3 Å². The number of anilines is 1. The average Bonchev–Trinajstić information content (AvgIpc) is 2.67. The fraction of sp³-hybridized carbons (Fsp3) is 0.350. The second kappa shape index (κ2) is 11.0. The Hall–Kier alpha value is -2.19. The zero-order chi connectivity index (χ0) is 20.4. The maximum atomic E-state index is 12.3. The third kappa shape index (κ3) is 7.09. The van der Waals surface area contributed by atoms with Gasteiger partial charge in [-0.25, -0.2) is 8.42 Å². The number of carbonyl (C=O) groups is 1. The molecule has 2 aromatic rings. The molecule has 0 heterocycles. The van der Waals surface area contributed by atoms with Crippen LogP contribution in [0, 0.1) is 0 Å². The lowest BCUT2D eigenvalue weighted by Gasteiger charge is -2.24. The molecule has 2 aromatic carbocycles. The van der Waals surface area contributed by atoms with Crippen molar-refractivity contribution in [2.24, 2.45) is 0 Å². The predicted octanol–water partition coefficient (Wildman–Crippen LogP) is 3.15. The third-order valence-corrected chi connectivity index (χ3v) is 6.00. The first-order valence-electron chi connectivity index (χ1n) is 9.06. The van der Waals surface area contributed by atoms with Crippen LogP contribution in [0.1, 0.15) is 13.3 Å². The van der Waals surface area contributed by atoms with E-state index in [9.17, 15) is 13.2 Å². The highest BCUT2D eigenvalue weighted by atomic mass is 32.2. The molecule has 0 bridgehead atoms. The molecule has 0 spiro atoms. The minimum absolute atomic E-state index is 0.283. The Morgan fingerprint density at radius 1 is 1.11 bits per heavy atom. The molecular weight excluding hydrogens is 396 g/mol. The van der Waals surface area contributed by atoms with Gasteiger partial charge in [0.05, 0.1) is 18.6 Å². The number of nitrogens with one attached hydrogen (secondary N) is 1. The number of sulfonamides is 1. The zero-order valence-corrected chi connectivity index (χ0v) is 17.8. The topological polar surface area (TPSA) is 75.7 Å². The summed E-state index contributed by atoms with van der Waals surface area (Å²) in [7, 11) is -3.64. The Morgan fingerprint density at radius 3 is 2.46 bits per heavy atom. The van der Waals surface area contributed by atoms with Gasteiger partial charge in [0.1, 0.15) is 12.3 Å². The van der Waals surface area contributed by atoms with Crippen LogP contribution in [0.25, 0.3) is 0 Å². The van der Waals surface area contributed by atoms with Gasteiger partial charge >= 0.3 is 0 Å². The Balaban J connectivity index is 1.90. The fourth-order valence-electron chi connectivity index (χ4n) is 2.51. The van der Waals surface area contributed by atoms with Crippen LogP contribution in [-0.4, -0.2) is 46.0 Å². The molecule has 1 N–H and O–H groups in total. The van der Waals surface area contributed by atoms with E-state index in [1.54, 1.807) is 36.0 Å². The lowest BCUT2D eigenvalue weighted by atomic mass is 10.3. The molecule has 0 aromatic heterocycles. The summed E-state index contributed by atoms with van der Waals surface area (Å²) in [4.78, 5) is 13.5. The van der Waals surface area contributed by atoms with Crippen LogP contribution in [0.15, 0.2) is 59.5 Å². The maximum Gasteiger partial charge on any atom is 0.240 e. The predicted molar refractivity (Wildman–Crippen MR) is 115 cm³/mol. The molecule has 0 aliphatic rings. The molecule has 0 saturated heterocycles. The monoisotopic (exact) mass is 422 g/mol. The van der Waals surface area contributed by atoms with Crippen LogP contribution in [-0.2, 0) is 14.8 Å². The second-order valence-corrected chi connectivity index (χ2v) is 9.11. The first kappa shape index (κ1) is 22.1. The van der Waals surface area contributed by atoms with Crippen molar-refractivity contribution in [1.29, 1.82) is 0 Å². The summed E-state index contributed by atoms with van der Waals surface area (Å²) >= 11 is 1.72. The summed E-state index contributed by atoms with van der Waals surface area (Å²) in [6.45, 7) is 2.43. The van der Waals surface area contributed by atoms with E-state index in [0.29, 0.717) is 24.6 Å². The van der Waals surface area contributed by atoms with Crippen LogP contribution < -0.4 is 14.4 Å². The third-order valence-electron chi connectivity index (χ3n) is 3.78. The van der Waals surface area contributed by atoms with Crippen LogP contribution >= 0.6 is 11.8 Å². The highest BCUT2D eigenvalue weighted by Crippen LogP contribution is 2.29. The molecule has 0 saturated carbocycles. The van der Waals surface area contributed by atoms with Gasteiger partial charge < -0.3 is 10.1 Å². The summed E-state index contributed by atoms with van der Waals surface area (Å²) in [6.07, 6.45) is 1.87. The van der Waals surface area contributed by atoms with Gasteiger partial charge in [-0.3, -0.25) is 9.10 Å². The summed E-state index contributed by atoms with van der Waals surface area (Å²) in [5.74, 6) is 0.955. The van der Waals surface area contributed by atoms with E-state index in [2.05, 4.69) is 5.32 Å². The number of para-hydroxylation sites is 2. The number of nitrogens with zero attached hydrogens (tertiary/aromatic N) is 1. The fourth-order valence-corrected chi connectivity index (χ4v) is 4.25. The van der Waals surface area contributed by atoms with Crippen molar-refractivity contribution in [2.45, 2.75) is 18.2 Å². The molecule has 1 amide bonds. The molecule has 0 aliphatic carbocycles. The lowest BCUT2D eigenvalue weighted by molar-refractivity contribution is -0.119. The summed E-state index contributed by atoms with van der Waals surface area (Å²) < 4.78 is 31.1. The Labute approximate surface area is 171 Å². The van der Waals surface area contributed by atoms with Gasteiger partial charge in [0, 0.05) is 11.4 Å². The average molecular weight is 423 g/mol. The molecule has 8 heteroatoms. The number of amides is 1. The van der Waals surface area contributed by atoms with Gasteiger partial charge in [0.2, 0.25) is 15.9 Å². The number of benzene rings is 2. The number of hydrogen-bond donors (Lipinski definition) is 1. The van der Waals surface area contributed by atoms with Crippen LogP contribution in [0.4, 0.5) is 5.69 Å². The Kier molecular flexibility index (Phi) is 8.66. The molecule has 0 atom stereocenters. The Morgan fingerprint density at radius 2 is 1.79 bits per heavy atom. The van der Waals surface area contributed by atoms with E-state index in [1.165, 1.54) is 4.90 Å². The van der Waals surface area contributed by atoms with Gasteiger partial charge in [-0.05, 0) is 43.4 Å². The van der Waals surface area contributed by atoms with Crippen molar-refractivity contribution in [3.05, 3.63) is 54.6 Å². The number of rotatable bonds is 11. The maximum absolute atomic E-state index is 12.3. The van der Waals surface area contributed by atoms with Gasteiger partial charge in [-0.2, -0.15) is 0 Å². The highest BCUT2D eigenvalue weighted by molar-refractivity contribution is 7.99. The van der Waals surface area contributed by atoms with Crippen molar-refractivity contribution in [2.75, 3.05) is 36.0 Å². The molecule has 2 rings (SSSR count). The molecule has 0 aliphatic heterocycles. The van der Waals surface area contributed by atoms with Gasteiger partial charge in [0.25, 0.3) is 0 Å². The number of carbonyl (C=O) groups excluding carboxylic acids is 1. The van der Waals surface area contributed by atoms with E-state index >= 15 is 0 Å². The van der Waals surface area contributed by atoms with Crippen molar-refractivity contribution in [1.82, 2.24) is 5.32 Å². The summed E-state index contributed by atoms with van der Waals surface area (Å²) in [6, 6.07) is 16.8. The minimum Gasteiger partial charge on any atom is -0.492 e. The largest absolute Gasteiger partial charge is 0.492 e. The number of hydrogen-bond acceptors (Lipinski definition) is 5. The van der Waals surface area contributed by atoms with E-state index in [4.69, 9.17) is 4.74 Å². The Bertz CT molecular complexity index is 858. The van der Waals surface area contributed by atoms with Crippen LogP contribution in [0.2, 0.25) is 0 Å². The van der Waals surface area contributed by atoms with Gasteiger partial charge in [-0.1, -0.05) is 30.3 Å². The normalized spacial score (nSPS) is 11.1. The molecular formula is C20H26N2O4S2. The summed E-state index contributed by atoms with van der Waals surface area (Å²) in [5.41, 5.74) is 0.363. The number of thioether (sulfide) groups is 1. The van der Waals surface area contributed by atoms with Crippen molar-refractivity contribution in [3.63, 3.8) is 0 Å².